The van der Waals surface area contributed by atoms with Crippen LogP contribution in [0.25, 0.3) is 0 Å². The van der Waals surface area contributed by atoms with Crippen LogP contribution in [0.15, 0.2) is 78.8 Å². The van der Waals surface area contributed by atoms with Gasteiger partial charge >= 0.3 is 0 Å². The van der Waals surface area contributed by atoms with Crippen LogP contribution >= 0.6 is 0 Å². The van der Waals surface area contributed by atoms with Crippen molar-refractivity contribution >= 4 is 17.5 Å². The molecule has 0 spiro atoms. The molecule has 2 aromatic carbocycles. The van der Waals surface area contributed by atoms with Crippen LogP contribution in [-0.4, -0.2) is 27.3 Å². The number of amides is 1. The fourth-order valence-electron chi connectivity index (χ4n) is 3.56. The molecule has 3 aromatic rings. The molecule has 30 heavy (non-hydrogen) atoms. The Labute approximate surface area is 175 Å². The number of carbonyl (C=O) groups excluding carboxylic acids is 1. The summed E-state index contributed by atoms with van der Waals surface area (Å²) in [6, 6.07) is 14.8. The molecule has 2 heterocycles. The van der Waals surface area contributed by atoms with Crippen LogP contribution in [0.5, 0.6) is 5.75 Å². The lowest BCUT2D eigenvalue weighted by Crippen LogP contribution is -2.32. The predicted molar refractivity (Wildman–Crippen MR) is 116 cm³/mol. The zero-order valence-corrected chi connectivity index (χ0v) is 16.9. The van der Waals surface area contributed by atoms with Crippen molar-refractivity contribution in [3.8, 4) is 5.75 Å². The Balaban J connectivity index is 1.79. The number of aromatic nitrogens is 3. The Bertz CT molecular complexity index is 1130. The number of aryl methyl sites for hydroxylation is 1. The lowest BCUT2D eigenvalue weighted by atomic mass is 9.94. The highest BCUT2D eigenvalue weighted by molar-refractivity contribution is 6.06. The highest BCUT2D eigenvalue weighted by atomic mass is 16.5. The van der Waals surface area contributed by atoms with Gasteiger partial charge in [0.1, 0.15) is 24.7 Å². The molecule has 1 atom stereocenters. The first-order chi connectivity index (χ1) is 14.6. The molecule has 1 aliphatic rings. The van der Waals surface area contributed by atoms with Crippen molar-refractivity contribution in [2.45, 2.75) is 19.9 Å². The van der Waals surface area contributed by atoms with Gasteiger partial charge in [-0.15, -0.1) is 0 Å². The van der Waals surface area contributed by atoms with Crippen LogP contribution < -0.4 is 15.4 Å². The second-order valence-electron chi connectivity index (χ2n) is 7.00. The summed E-state index contributed by atoms with van der Waals surface area (Å²) < 4.78 is 7.58. The first-order valence-electron chi connectivity index (χ1n) is 9.67. The number of para-hydroxylation sites is 2. The summed E-state index contributed by atoms with van der Waals surface area (Å²) in [6.07, 6.45) is 3.16. The van der Waals surface area contributed by atoms with Gasteiger partial charge < -0.3 is 15.4 Å². The van der Waals surface area contributed by atoms with E-state index in [1.165, 1.54) is 6.33 Å². The van der Waals surface area contributed by atoms with Gasteiger partial charge in [0.05, 0.1) is 5.57 Å². The van der Waals surface area contributed by atoms with E-state index in [1.807, 2.05) is 62.4 Å². The Morgan fingerprint density at radius 1 is 1.23 bits per heavy atom. The molecule has 152 valence electrons. The maximum Gasteiger partial charge on any atom is 0.255 e. The van der Waals surface area contributed by atoms with Crippen molar-refractivity contribution in [1.82, 2.24) is 14.8 Å². The van der Waals surface area contributed by atoms with E-state index < -0.39 is 6.04 Å². The van der Waals surface area contributed by atoms with Gasteiger partial charge in [-0.25, -0.2) is 4.68 Å². The van der Waals surface area contributed by atoms with E-state index in [0.29, 0.717) is 29.6 Å². The third-order valence-electron chi connectivity index (χ3n) is 5.00. The molecule has 1 unspecified atom stereocenters. The molecule has 4 rings (SSSR count). The molecule has 7 nitrogen and oxygen atoms in total. The number of nitrogens with one attached hydrogen (secondary N) is 2. The maximum absolute atomic E-state index is 13.4. The Hall–Kier alpha value is -3.87. The first-order valence-corrected chi connectivity index (χ1v) is 9.67. The Kier molecular flexibility index (Phi) is 5.34. The van der Waals surface area contributed by atoms with Gasteiger partial charge in [0.2, 0.25) is 5.95 Å². The molecule has 7 heteroatoms. The highest BCUT2D eigenvalue weighted by Gasteiger charge is 2.35. The van der Waals surface area contributed by atoms with Crippen molar-refractivity contribution < 1.29 is 9.53 Å². The van der Waals surface area contributed by atoms with Crippen molar-refractivity contribution in [3.63, 3.8) is 0 Å². The highest BCUT2D eigenvalue weighted by Crippen LogP contribution is 2.39. The van der Waals surface area contributed by atoms with Gasteiger partial charge in [-0.1, -0.05) is 49.1 Å². The van der Waals surface area contributed by atoms with E-state index in [2.05, 4.69) is 27.3 Å². The number of fused-ring (bicyclic) bond motifs is 1. The minimum Gasteiger partial charge on any atom is -0.489 e. The van der Waals surface area contributed by atoms with Gasteiger partial charge in [0, 0.05) is 16.9 Å². The average molecular weight is 401 g/mol. The van der Waals surface area contributed by atoms with Crippen molar-refractivity contribution in [1.29, 1.82) is 0 Å². The van der Waals surface area contributed by atoms with Gasteiger partial charge in [-0.05, 0) is 31.5 Å². The van der Waals surface area contributed by atoms with E-state index in [4.69, 9.17) is 4.74 Å². The molecular formula is C23H23N5O2. The van der Waals surface area contributed by atoms with Crippen molar-refractivity contribution in [2.75, 3.05) is 17.2 Å². The van der Waals surface area contributed by atoms with Gasteiger partial charge in [-0.3, -0.25) is 4.79 Å². The minimum atomic E-state index is -0.492. The van der Waals surface area contributed by atoms with Crippen LogP contribution in [0.4, 0.5) is 11.6 Å². The summed E-state index contributed by atoms with van der Waals surface area (Å²) >= 11 is 0. The first kappa shape index (κ1) is 19.4. The van der Waals surface area contributed by atoms with Crippen LogP contribution in [0.1, 0.15) is 24.1 Å². The Morgan fingerprint density at radius 2 is 2.00 bits per heavy atom. The SMILES string of the molecule is C=CCOc1ccccc1C1C(C(=O)Nc2ccccc2C)=C(C)Nc2ncnn21. The van der Waals surface area contributed by atoms with Crippen molar-refractivity contribution in [2.24, 2.45) is 0 Å². The predicted octanol–water partition coefficient (Wildman–Crippen LogP) is 4.08. The zero-order valence-electron chi connectivity index (χ0n) is 16.9. The minimum absolute atomic E-state index is 0.209. The zero-order chi connectivity index (χ0) is 21.1. The third kappa shape index (κ3) is 3.57. The average Bonchev–Trinajstić information content (AvgIpc) is 3.21. The second kappa shape index (κ2) is 8.24. The topological polar surface area (TPSA) is 81.1 Å². The molecule has 0 fully saturated rings. The molecule has 0 aliphatic carbocycles. The second-order valence-corrected chi connectivity index (χ2v) is 7.00. The number of hydrogen-bond donors (Lipinski definition) is 2. The standard InChI is InChI=1S/C23H23N5O2/c1-4-13-30-19-12-8-6-10-17(19)21-20(16(3)26-23-24-14-25-28(21)23)22(29)27-18-11-7-5-9-15(18)2/h4-12,14,21H,1,13H2,2-3H3,(H,27,29)(H,24,25,26). The van der Waals surface area contributed by atoms with Gasteiger partial charge in [-0.2, -0.15) is 10.1 Å². The molecular weight excluding hydrogens is 378 g/mol. The van der Waals surface area contributed by atoms with Crippen LogP contribution in [0, 0.1) is 6.92 Å². The molecule has 0 radical (unpaired) electrons. The van der Waals surface area contributed by atoms with Gasteiger partial charge in [0.15, 0.2) is 0 Å². The summed E-state index contributed by atoms with van der Waals surface area (Å²) in [7, 11) is 0. The lowest BCUT2D eigenvalue weighted by Gasteiger charge is -2.29. The van der Waals surface area contributed by atoms with Crippen molar-refractivity contribution in [3.05, 3.63) is 89.9 Å². The quantitative estimate of drug-likeness (QED) is 0.609. The monoisotopic (exact) mass is 401 g/mol. The fourth-order valence-corrected chi connectivity index (χ4v) is 3.56. The molecule has 1 amide bonds. The summed E-state index contributed by atoms with van der Waals surface area (Å²) in [5, 5.41) is 10.6. The number of rotatable bonds is 6. The third-order valence-corrected chi connectivity index (χ3v) is 5.00. The summed E-state index contributed by atoms with van der Waals surface area (Å²) in [5.74, 6) is 1.03. The fraction of sp³-hybridized carbons (Fsp3) is 0.174. The normalized spacial score (nSPS) is 15.2. The number of benzene rings is 2. The summed E-state index contributed by atoms with van der Waals surface area (Å²) in [6.45, 7) is 7.91. The van der Waals surface area contributed by atoms with E-state index >= 15 is 0 Å². The van der Waals surface area contributed by atoms with Crippen LogP contribution in [-0.2, 0) is 4.79 Å². The number of hydrogen-bond acceptors (Lipinski definition) is 5. The van der Waals surface area contributed by atoms with Crippen LogP contribution in [0.2, 0.25) is 0 Å². The molecule has 1 aromatic heterocycles. The Morgan fingerprint density at radius 3 is 2.80 bits per heavy atom. The number of nitrogens with zero attached hydrogens (tertiary/aromatic N) is 3. The largest absolute Gasteiger partial charge is 0.489 e. The molecule has 0 saturated heterocycles. The number of allylic oxidation sites excluding steroid dienone is 1. The smallest absolute Gasteiger partial charge is 0.255 e. The number of ether oxygens (including phenoxy) is 1. The van der Waals surface area contributed by atoms with E-state index in [9.17, 15) is 4.79 Å². The lowest BCUT2D eigenvalue weighted by molar-refractivity contribution is -0.113. The molecule has 0 bridgehead atoms. The van der Waals surface area contributed by atoms with Crippen LogP contribution in [0.3, 0.4) is 0 Å². The molecule has 1 aliphatic heterocycles. The summed E-state index contributed by atoms with van der Waals surface area (Å²) in [5.41, 5.74) is 3.83. The van der Waals surface area contributed by atoms with Gasteiger partial charge in [0.25, 0.3) is 5.91 Å². The molecule has 2 N–H and O–H groups in total. The molecule has 0 saturated carbocycles. The maximum atomic E-state index is 13.4. The number of anilines is 2. The van der Waals surface area contributed by atoms with E-state index in [0.717, 1.165) is 16.8 Å². The van der Waals surface area contributed by atoms with E-state index in [-0.39, 0.29) is 5.91 Å². The number of carbonyl (C=O) groups is 1. The summed E-state index contributed by atoms with van der Waals surface area (Å²) in [4.78, 5) is 17.7. The van der Waals surface area contributed by atoms with E-state index in [1.54, 1.807) is 10.8 Å².